The second kappa shape index (κ2) is 5.42. The molecule has 2 N–H and O–H groups in total. The van der Waals surface area contributed by atoms with Crippen LogP contribution in [0.1, 0.15) is 31.2 Å². The highest BCUT2D eigenvalue weighted by atomic mass is 32.2. The van der Waals surface area contributed by atoms with E-state index in [0.29, 0.717) is 28.8 Å². The van der Waals surface area contributed by atoms with E-state index in [0.717, 1.165) is 19.3 Å². The monoisotopic (exact) mass is 307 g/mol. The van der Waals surface area contributed by atoms with Crippen LogP contribution in [0.15, 0.2) is 33.6 Å². The molecule has 0 bridgehead atoms. The Morgan fingerprint density at radius 1 is 1.29 bits per heavy atom. The third kappa shape index (κ3) is 2.46. The Kier molecular flexibility index (Phi) is 3.75. The summed E-state index contributed by atoms with van der Waals surface area (Å²) >= 11 is 0. The molecule has 1 saturated carbocycles. The fourth-order valence-electron chi connectivity index (χ4n) is 3.47. The molecule has 2 aliphatic rings. The quantitative estimate of drug-likeness (QED) is 0.900. The van der Waals surface area contributed by atoms with Crippen molar-refractivity contribution in [1.29, 1.82) is 0 Å². The summed E-state index contributed by atoms with van der Waals surface area (Å²) in [5, 5.41) is 0. The maximum Gasteiger partial charge on any atom is 0.285 e. The minimum absolute atomic E-state index is 0.267. The van der Waals surface area contributed by atoms with Gasteiger partial charge in [-0.15, -0.1) is 4.40 Å². The van der Waals surface area contributed by atoms with Crippen LogP contribution in [0.3, 0.4) is 0 Å². The highest BCUT2D eigenvalue weighted by Gasteiger charge is 2.35. The molecule has 1 aliphatic heterocycles. The lowest BCUT2D eigenvalue weighted by Crippen LogP contribution is -2.45. The van der Waals surface area contributed by atoms with Crippen molar-refractivity contribution in [1.82, 2.24) is 4.90 Å². The smallest absolute Gasteiger partial charge is 0.285 e. The molecule has 3 rings (SSSR count). The first-order valence-corrected chi connectivity index (χ1v) is 8.86. The zero-order chi connectivity index (χ0) is 15.0. The molecule has 6 heteroatoms. The van der Waals surface area contributed by atoms with E-state index in [1.165, 1.54) is 6.42 Å². The van der Waals surface area contributed by atoms with Gasteiger partial charge in [-0.1, -0.05) is 25.0 Å². The predicted molar refractivity (Wildman–Crippen MR) is 82.7 cm³/mol. The van der Waals surface area contributed by atoms with Gasteiger partial charge in [-0.25, -0.2) is 0 Å². The van der Waals surface area contributed by atoms with Crippen LogP contribution < -0.4 is 5.73 Å². The molecule has 0 spiro atoms. The maximum atomic E-state index is 12.2. The lowest BCUT2D eigenvalue weighted by atomic mass is 9.83. The molecule has 0 radical (unpaired) electrons. The van der Waals surface area contributed by atoms with E-state index >= 15 is 0 Å². The summed E-state index contributed by atoms with van der Waals surface area (Å²) < 4.78 is 28.3. The fraction of sp³-hybridized carbons (Fsp3) is 0.533. The summed E-state index contributed by atoms with van der Waals surface area (Å²) in [6.45, 7) is 0.636. The zero-order valence-corrected chi connectivity index (χ0v) is 13.0. The van der Waals surface area contributed by atoms with Gasteiger partial charge in [0, 0.05) is 18.7 Å². The number of fused-ring (bicyclic) bond motifs is 1. The molecule has 2 unspecified atom stereocenters. The molecule has 0 saturated heterocycles. The Labute approximate surface area is 125 Å². The van der Waals surface area contributed by atoms with Gasteiger partial charge in [-0.3, -0.25) is 0 Å². The molecule has 1 fully saturated rings. The Hall–Kier alpha value is -1.40. The average molecular weight is 307 g/mol. The van der Waals surface area contributed by atoms with Crippen LogP contribution in [0.4, 0.5) is 0 Å². The number of nitrogens with zero attached hydrogens (tertiary/aromatic N) is 2. The Morgan fingerprint density at radius 2 is 2.00 bits per heavy atom. The molecule has 1 aromatic rings. The van der Waals surface area contributed by atoms with E-state index in [2.05, 4.69) is 4.40 Å². The van der Waals surface area contributed by atoms with Crippen LogP contribution >= 0.6 is 0 Å². The molecule has 1 aromatic carbocycles. The number of amidine groups is 1. The predicted octanol–water partition coefficient (Wildman–Crippen LogP) is 1.58. The topological polar surface area (TPSA) is 75.8 Å². The Bertz CT molecular complexity index is 669. The van der Waals surface area contributed by atoms with E-state index in [9.17, 15) is 8.42 Å². The van der Waals surface area contributed by atoms with E-state index < -0.39 is 10.0 Å². The first kappa shape index (κ1) is 14.5. The van der Waals surface area contributed by atoms with Gasteiger partial charge in [0.2, 0.25) is 0 Å². The molecular weight excluding hydrogens is 286 g/mol. The first-order chi connectivity index (χ1) is 10.0. The first-order valence-electron chi connectivity index (χ1n) is 7.42. The minimum atomic E-state index is -3.55. The molecule has 2 atom stereocenters. The molecule has 21 heavy (non-hydrogen) atoms. The van der Waals surface area contributed by atoms with Crippen molar-refractivity contribution in [2.75, 3.05) is 13.6 Å². The van der Waals surface area contributed by atoms with Crippen molar-refractivity contribution in [2.24, 2.45) is 16.0 Å². The molecule has 5 nitrogen and oxygen atoms in total. The summed E-state index contributed by atoms with van der Waals surface area (Å²) in [7, 11) is -1.61. The fourth-order valence-corrected chi connectivity index (χ4v) is 4.71. The van der Waals surface area contributed by atoms with Crippen LogP contribution in [0, 0.1) is 5.92 Å². The molecule has 1 aliphatic carbocycles. The molecule has 0 aromatic heterocycles. The second-order valence-electron chi connectivity index (χ2n) is 5.84. The number of hydrogen-bond donors (Lipinski definition) is 1. The van der Waals surface area contributed by atoms with Gasteiger partial charge in [-0.05, 0) is 37.4 Å². The normalized spacial score (nSPS) is 27.0. The molecule has 0 amide bonds. The van der Waals surface area contributed by atoms with E-state index in [1.54, 1.807) is 12.1 Å². The number of rotatable bonds is 2. The molecular formula is C15H21N3O2S. The number of nitrogens with two attached hydrogens (primary N) is 1. The van der Waals surface area contributed by atoms with Crippen LogP contribution in [0.25, 0.3) is 0 Å². The van der Waals surface area contributed by atoms with Crippen molar-refractivity contribution in [3.8, 4) is 0 Å². The third-order valence-corrected chi connectivity index (χ3v) is 5.94. The summed E-state index contributed by atoms with van der Waals surface area (Å²) in [5.74, 6) is 0.970. The number of sulfonamides is 1. The maximum absolute atomic E-state index is 12.2. The van der Waals surface area contributed by atoms with Crippen molar-refractivity contribution in [3.05, 3.63) is 29.8 Å². The van der Waals surface area contributed by atoms with Gasteiger partial charge in [0.05, 0.1) is 0 Å². The lowest BCUT2D eigenvalue weighted by Gasteiger charge is -2.38. The standard InChI is InChI=1S/C15H21N3O2S/c1-18(13-8-4-2-6-11(13)10-16)15-12-7-3-5-9-14(12)21(19,20)17-15/h3,5,7,9,11,13H,2,4,6,8,10,16H2,1H3. The minimum Gasteiger partial charge on any atom is -0.355 e. The Balaban J connectivity index is 1.97. The van der Waals surface area contributed by atoms with Crippen molar-refractivity contribution in [3.63, 3.8) is 0 Å². The van der Waals surface area contributed by atoms with E-state index in [1.807, 2.05) is 24.1 Å². The van der Waals surface area contributed by atoms with Gasteiger partial charge in [-0.2, -0.15) is 8.42 Å². The SMILES string of the molecule is CN(C1=NS(=O)(=O)c2ccccc21)C1CCCCC1CN. The van der Waals surface area contributed by atoms with E-state index in [-0.39, 0.29) is 6.04 Å². The summed E-state index contributed by atoms with van der Waals surface area (Å²) in [5.41, 5.74) is 6.60. The number of benzene rings is 1. The Morgan fingerprint density at radius 3 is 2.76 bits per heavy atom. The van der Waals surface area contributed by atoms with Crippen molar-refractivity contribution < 1.29 is 8.42 Å². The lowest BCUT2D eigenvalue weighted by molar-refractivity contribution is 0.197. The van der Waals surface area contributed by atoms with Crippen molar-refractivity contribution in [2.45, 2.75) is 36.6 Å². The highest BCUT2D eigenvalue weighted by molar-refractivity contribution is 7.90. The van der Waals surface area contributed by atoms with Gasteiger partial charge in [0.15, 0.2) is 5.84 Å². The van der Waals surface area contributed by atoms with Crippen LogP contribution in [0.5, 0.6) is 0 Å². The van der Waals surface area contributed by atoms with Gasteiger partial charge >= 0.3 is 0 Å². The highest BCUT2D eigenvalue weighted by Crippen LogP contribution is 2.32. The van der Waals surface area contributed by atoms with Crippen LogP contribution in [0.2, 0.25) is 0 Å². The third-order valence-electron chi connectivity index (χ3n) is 4.62. The molecule has 1 heterocycles. The average Bonchev–Trinajstić information content (AvgIpc) is 2.79. The van der Waals surface area contributed by atoms with Gasteiger partial charge < -0.3 is 10.6 Å². The van der Waals surface area contributed by atoms with Crippen LogP contribution in [-0.2, 0) is 10.0 Å². The zero-order valence-electron chi connectivity index (χ0n) is 12.2. The van der Waals surface area contributed by atoms with Crippen molar-refractivity contribution >= 4 is 15.9 Å². The number of hydrogen-bond acceptors (Lipinski definition) is 4. The van der Waals surface area contributed by atoms with Gasteiger partial charge in [0.1, 0.15) is 4.90 Å². The van der Waals surface area contributed by atoms with Crippen LogP contribution in [-0.4, -0.2) is 38.8 Å². The van der Waals surface area contributed by atoms with Gasteiger partial charge in [0.25, 0.3) is 10.0 Å². The summed E-state index contributed by atoms with van der Waals surface area (Å²) in [4.78, 5) is 2.34. The second-order valence-corrected chi connectivity index (χ2v) is 7.42. The largest absolute Gasteiger partial charge is 0.355 e. The van der Waals surface area contributed by atoms with E-state index in [4.69, 9.17) is 5.73 Å². The summed E-state index contributed by atoms with van der Waals surface area (Å²) in [6.07, 6.45) is 4.51. The molecule has 114 valence electrons. The summed E-state index contributed by atoms with van der Waals surface area (Å²) in [6, 6.07) is 7.30.